The number of amides is 2. The van der Waals surface area contributed by atoms with Crippen LogP contribution in [0.4, 0.5) is 10.5 Å². The summed E-state index contributed by atoms with van der Waals surface area (Å²) in [7, 11) is 0. The van der Waals surface area contributed by atoms with Gasteiger partial charge in [-0.2, -0.15) is 0 Å². The van der Waals surface area contributed by atoms with Crippen LogP contribution in [0.3, 0.4) is 0 Å². The van der Waals surface area contributed by atoms with Gasteiger partial charge in [0.1, 0.15) is 0 Å². The largest absolute Gasteiger partial charge is 0.322 e. The number of urea groups is 1. The fourth-order valence-electron chi connectivity index (χ4n) is 2.95. The number of nitrogens with zero attached hydrogens (tertiary/aromatic N) is 2. The van der Waals surface area contributed by atoms with Crippen LogP contribution in [0.5, 0.6) is 0 Å². The summed E-state index contributed by atoms with van der Waals surface area (Å²) in [6.07, 6.45) is 0. The zero-order valence-corrected chi connectivity index (χ0v) is 15.4. The Morgan fingerprint density at radius 3 is 2.54 bits per heavy atom. The Bertz CT molecular complexity index is 711. The third-order valence-corrected chi connectivity index (χ3v) is 4.72. The van der Waals surface area contributed by atoms with Crippen molar-refractivity contribution in [3.63, 3.8) is 0 Å². The molecule has 0 saturated carbocycles. The van der Waals surface area contributed by atoms with Crippen LogP contribution in [0.1, 0.15) is 11.1 Å². The minimum Gasteiger partial charge on any atom is -0.322 e. The Morgan fingerprint density at radius 2 is 1.83 bits per heavy atom. The maximum atomic E-state index is 12.4. The van der Waals surface area contributed by atoms with Crippen LogP contribution in [-0.2, 0) is 6.54 Å². The molecule has 2 aromatic carbocycles. The number of aryl methyl sites for hydroxylation is 1. The molecule has 4 nitrogen and oxygen atoms in total. The van der Waals surface area contributed by atoms with Crippen LogP contribution in [0.25, 0.3) is 0 Å². The van der Waals surface area contributed by atoms with Crippen molar-refractivity contribution in [2.24, 2.45) is 0 Å². The number of carbonyl (C=O) groups excluding carboxylic acids is 1. The molecular weight excluding hydrogens is 366 g/mol. The van der Waals surface area contributed by atoms with Crippen LogP contribution >= 0.6 is 15.9 Å². The fourth-order valence-corrected chi connectivity index (χ4v) is 3.35. The van der Waals surface area contributed by atoms with Gasteiger partial charge in [0.05, 0.1) is 0 Å². The second-order valence-corrected chi connectivity index (χ2v) is 7.11. The monoisotopic (exact) mass is 387 g/mol. The van der Waals surface area contributed by atoms with E-state index in [1.54, 1.807) is 0 Å². The molecule has 0 radical (unpaired) electrons. The number of rotatable bonds is 3. The highest BCUT2D eigenvalue weighted by Gasteiger charge is 2.21. The van der Waals surface area contributed by atoms with Crippen molar-refractivity contribution >= 4 is 27.6 Å². The predicted molar refractivity (Wildman–Crippen MR) is 101 cm³/mol. The van der Waals surface area contributed by atoms with Crippen molar-refractivity contribution in [1.82, 2.24) is 9.80 Å². The molecule has 2 aromatic rings. The van der Waals surface area contributed by atoms with E-state index in [-0.39, 0.29) is 6.03 Å². The first-order chi connectivity index (χ1) is 11.6. The highest BCUT2D eigenvalue weighted by atomic mass is 79.9. The number of hydrogen-bond acceptors (Lipinski definition) is 2. The van der Waals surface area contributed by atoms with Crippen LogP contribution in [0, 0.1) is 6.92 Å². The molecule has 1 saturated heterocycles. The molecule has 0 atom stereocenters. The second-order valence-electron chi connectivity index (χ2n) is 6.19. The van der Waals surface area contributed by atoms with Crippen molar-refractivity contribution in [3.05, 3.63) is 64.1 Å². The maximum absolute atomic E-state index is 12.4. The Hall–Kier alpha value is -1.85. The first-order valence-electron chi connectivity index (χ1n) is 8.19. The molecule has 1 heterocycles. The molecule has 1 N–H and O–H groups in total. The van der Waals surface area contributed by atoms with Gasteiger partial charge >= 0.3 is 6.03 Å². The number of carbonyl (C=O) groups is 1. The molecular formula is C19H22BrN3O. The zero-order chi connectivity index (χ0) is 16.9. The van der Waals surface area contributed by atoms with Crippen molar-refractivity contribution in [1.29, 1.82) is 0 Å². The fraction of sp³-hybridized carbons (Fsp3) is 0.316. The number of piperazine rings is 1. The van der Waals surface area contributed by atoms with E-state index in [0.717, 1.165) is 42.9 Å². The molecule has 0 unspecified atom stereocenters. The van der Waals surface area contributed by atoms with E-state index in [2.05, 4.69) is 57.3 Å². The Labute approximate surface area is 151 Å². The summed E-state index contributed by atoms with van der Waals surface area (Å²) in [4.78, 5) is 16.7. The van der Waals surface area contributed by atoms with E-state index in [9.17, 15) is 4.79 Å². The lowest BCUT2D eigenvalue weighted by Gasteiger charge is -2.34. The van der Waals surface area contributed by atoms with Gasteiger partial charge in [0.2, 0.25) is 0 Å². The maximum Gasteiger partial charge on any atom is 0.321 e. The second kappa shape index (κ2) is 7.81. The number of benzene rings is 2. The van der Waals surface area contributed by atoms with E-state index in [0.29, 0.717) is 0 Å². The van der Waals surface area contributed by atoms with Crippen LogP contribution in [0.2, 0.25) is 0 Å². The molecule has 0 aromatic heterocycles. The van der Waals surface area contributed by atoms with E-state index < -0.39 is 0 Å². The molecule has 0 spiro atoms. The molecule has 0 aliphatic carbocycles. The molecule has 1 aliphatic heterocycles. The van der Waals surface area contributed by atoms with Crippen LogP contribution < -0.4 is 5.32 Å². The van der Waals surface area contributed by atoms with E-state index in [1.165, 1.54) is 11.1 Å². The third kappa shape index (κ3) is 4.58. The molecule has 3 rings (SSSR count). The van der Waals surface area contributed by atoms with Gasteiger partial charge in [0, 0.05) is 42.9 Å². The number of hydrogen-bond donors (Lipinski definition) is 1. The van der Waals surface area contributed by atoms with Gasteiger partial charge in [-0.05, 0) is 30.7 Å². The van der Waals surface area contributed by atoms with Crippen molar-refractivity contribution in [2.45, 2.75) is 13.5 Å². The highest BCUT2D eigenvalue weighted by Crippen LogP contribution is 2.17. The minimum absolute atomic E-state index is 0.0247. The SMILES string of the molecule is Cc1cccc(CN2CCN(C(=O)Nc3cccc(Br)c3)CC2)c1. The van der Waals surface area contributed by atoms with Crippen LogP contribution in [0.15, 0.2) is 53.0 Å². The summed E-state index contributed by atoms with van der Waals surface area (Å²) in [5.41, 5.74) is 3.44. The van der Waals surface area contributed by atoms with Gasteiger partial charge in [-0.25, -0.2) is 4.79 Å². The van der Waals surface area contributed by atoms with Crippen molar-refractivity contribution < 1.29 is 4.79 Å². The van der Waals surface area contributed by atoms with Gasteiger partial charge < -0.3 is 10.2 Å². The van der Waals surface area contributed by atoms with Gasteiger partial charge in [-0.1, -0.05) is 51.8 Å². The average Bonchev–Trinajstić information content (AvgIpc) is 2.55. The van der Waals surface area contributed by atoms with Gasteiger partial charge in [0.15, 0.2) is 0 Å². The van der Waals surface area contributed by atoms with Gasteiger partial charge in [-0.15, -0.1) is 0 Å². The average molecular weight is 388 g/mol. The molecule has 0 bridgehead atoms. The van der Waals surface area contributed by atoms with Gasteiger partial charge in [-0.3, -0.25) is 4.90 Å². The molecule has 1 aliphatic rings. The van der Waals surface area contributed by atoms with E-state index in [4.69, 9.17) is 0 Å². The normalized spacial score (nSPS) is 15.3. The van der Waals surface area contributed by atoms with Gasteiger partial charge in [0.25, 0.3) is 0 Å². The summed E-state index contributed by atoms with van der Waals surface area (Å²) in [5, 5.41) is 2.96. The molecule has 126 valence electrons. The van der Waals surface area contributed by atoms with Crippen molar-refractivity contribution in [3.8, 4) is 0 Å². The van der Waals surface area contributed by atoms with E-state index >= 15 is 0 Å². The summed E-state index contributed by atoms with van der Waals surface area (Å²) < 4.78 is 0.961. The first-order valence-corrected chi connectivity index (χ1v) is 8.99. The number of nitrogens with one attached hydrogen (secondary N) is 1. The lowest BCUT2D eigenvalue weighted by Crippen LogP contribution is -2.49. The highest BCUT2D eigenvalue weighted by molar-refractivity contribution is 9.10. The lowest BCUT2D eigenvalue weighted by atomic mass is 10.1. The van der Waals surface area contributed by atoms with Crippen LogP contribution in [-0.4, -0.2) is 42.0 Å². The smallest absolute Gasteiger partial charge is 0.321 e. The number of halogens is 1. The number of anilines is 1. The first kappa shape index (κ1) is 17.0. The Morgan fingerprint density at radius 1 is 1.08 bits per heavy atom. The lowest BCUT2D eigenvalue weighted by molar-refractivity contribution is 0.143. The minimum atomic E-state index is -0.0247. The molecule has 2 amide bonds. The topological polar surface area (TPSA) is 35.6 Å². The summed E-state index contributed by atoms with van der Waals surface area (Å²) in [6, 6.07) is 16.3. The van der Waals surface area contributed by atoms with Crippen molar-refractivity contribution in [2.75, 3.05) is 31.5 Å². The Kier molecular flexibility index (Phi) is 5.53. The zero-order valence-electron chi connectivity index (χ0n) is 13.8. The predicted octanol–water partition coefficient (Wildman–Crippen LogP) is 4.11. The summed E-state index contributed by atoms with van der Waals surface area (Å²) >= 11 is 3.42. The summed E-state index contributed by atoms with van der Waals surface area (Å²) in [6.45, 7) is 6.38. The molecule has 24 heavy (non-hydrogen) atoms. The molecule has 1 fully saturated rings. The summed E-state index contributed by atoms with van der Waals surface area (Å²) in [5.74, 6) is 0. The standard InChI is InChI=1S/C19H22BrN3O/c1-15-4-2-5-16(12-15)14-22-8-10-23(11-9-22)19(24)21-18-7-3-6-17(20)13-18/h2-7,12-13H,8-11,14H2,1H3,(H,21,24). The van der Waals surface area contributed by atoms with E-state index in [1.807, 2.05) is 29.2 Å². The Balaban J connectivity index is 1.50. The quantitative estimate of drug-likeness (QED) is 0.859. The molecule has 5 heteroatoms. The third-order valence-electron chi connectivity index (χ3n) is 4.22.